The number of rotatable bonds is 28. The fourth-order valence-corrected chi connectivity index (χ4v) is 17.8. The molecule has 18 aromatic carbocycles. The van der Waals surface area contributed by atoms with Crippen LogP contribution in [0.4, 0.5) is 68.2 Å². The van der Waals surface area contributed by atoms with Gasteiger partial charge in [-0.25, -0.2) is 0 Å². The average molecular weight is 1770 g/mol. The van der Waals surface area contributed by atoms with Crippen LogP contribution in [0, 0.1) is 69.2 Å². The highest BCUT2D eigenvalue weighted by Gasteiger charge is 2.22. The second kappa shape index (κ2) is 42.9. The summed E-state index contributed by atoms with van der Waals surface area (Å²) in [5.41, 5.74) is 44.5. The van der Waals surface area contributed by atoms with Crippen molar-refractivity contribution in [3.05, 3.63) is 513 Å². The Balaban J connectivity index is 0.000000189. The van der Waals surface area contributed by atoms with Crippen LogP contribution in [-0.2, 0) is 0 Å². The summed E-state index contributed by atoms with van der Waals surface area (Å²) in [7, 11) is 0. The quantitative estimate of drug-likeness (QED) is 0.0454. The zero-order chi connectivity index (χ0) is 94.0. The standard InChI is InChI=1S/2C65H58N2O/c1-7-68-65-15-11-10-14-58(65)25-19-52-22-36-60(37-23-52)67(64-43-17-47(3)45-50(64)6)62-40-32-57(33-41-62)55-28-26-54(27-29-55)56-30-38-61(39-31-56)66(63-42-16-46(2)44-49(63)5)59-34-20-51(21-35-59)18-24-53-13-9-8-12-48(53)4;1-7-68-65-11-9-8-10-58(65)25-20-53-23-36-60(37-24-53)67(64-43-15-48(4)45-50(64)6)62-40-32-57(33-41-62)55-28-26-54(27-29-55)56-30-38-61(39-31-56)66(63-42-14-47(3)44-49(63)5)59-34-21-52(22-35-59)19-18-51-16-12-46(2)13-17-51/h2*8-45H,7H2,1-6H3/b24-18+,25-19+;19-18+,25-20+. The molecule has 0 atom stereocenters. The first-order valence-corrected chi connectivity index (χ1v) is 47.2. The molecule has 0 aliphatic heterocycles. The lowest BCUT2D eigenvalue weighted by Crippen LogP contribution is -2.11. The maximum absolute atomic E-state index is 5.85. The molecular weight excluding hydrogens is 1650 g/mol. The number of hydrogen-bond donors (Lipinski definition) is 0. The number of aryl methyl sites for hydroxylation is 10. The summed E-state index contributed by atoms with van der Waals surface area (Å²) in [4.78, 5) is 9.42. The Kier molecular flexibility index (Phi) is 28.9. The minimum absolute atomic E-state index is 0.637. The minimum Gasteiger partial charge on any atom is -0.493 e. The van der Waals surface area contributed by atoms with E-state index in [1.807, 2.05) is 50.2 Å². The van der Waals surface area contributed by atoms with Crippen LogP contribution in [-0.4, -0.2) is 13.2 Å². The van der Waals surface area contributed by atoms with Crippen molar-refractivity contribution in [2.45, 2.75) is 83.1 Å². The highest BCUT2D eigenvalue weighted by atomic mass is 16.5. The first-order valence-electron chi connectivity index (χ1n) is 47.2. The van der Waals surface area contributed by atoms with E-state index in [0.29, 0.717) is 13.2 Å². The molecular formula is C130H116N4O2. The Labute approximate surface area is 805 Å². The van der Waals surface area contributed by atoms with Crippen LogP contribution in [0.5, 0.6) is 11.5 Å². The van der Waals surface area contributed by atoms with Crippen molar-refractivity contribution in [3.63, 3.8) is 0 Å². The van der Waals surface area contributed by atoms with Gasteiger partial charge in [-0.05, 0) is 322 Å². The van der Waals surface area contributed by atoms with Gasteiger partial charge in [0.25, 0.3) is 0 Å². The molecule has 0 saturated carbocycles. The average Bonchev–Trinajstić information content (AvgIpc) is 0.797. The van der Waals surface area contributed by atoms with Crippen LogP contribution in [0.2, 0.25) is 0 Å². The van der Waals surface area contributed by atoms with E-state index in [-0.39, 0.29) is 0 Å². The van der Waals surface area contributed by atoms with Gasteiger partial charge < -0.3 is 29.1 Å². The zero-order valence-electron chi connectivity index (χ0n) is 79.9. The van der Waals surface area contributed by atoms with Gasteiger partial charge >= 0.3 is 0 Å². The molecule has 0 unspecified atom stereocenters. The molecule has 136 heavy (non-hydrogen) atoms. The van der Waals surface area contributed by atoms with Gasteiger partial charge in [0.05, 0.1) is 13.2 Å². The van der Waals surface area contributed by atoms with Crippen LogP contribution in [0.1, 0.15) is 114 Å². The van der Waals surface area contributed by atoms with Crippen molar-refractivity contribution < 1.29 is 9.47 Å². The number of anilines is 12. The van der Waals surface area contributed by atoms with Crippen LogP contribution in [0.3, 0.4) is 0 Å². The molecule has 0 aromatic heterocycles. The molecule has 18 rings (SSSR count). The molecule has 668 valence electrons. The van der Waals surface area contributed by atoms with E-state index in [1.165, 1.54) is 128 Å². The van der Waals surface area contributed by atoms with E-state index in [9.17, 15) is 0 Å². The Hall–Kier alpha value is -16.3. The lowest BCUT2D eigenvalue weighted by Gasteiger charge is -2.27. The van der Waals surface area contributed by atoms with Gasteiger partial charge in [-0.3, -0.25) is 0 Å². The zero-order valence-corrected chi connectivity index (χ0v) is 79.9. The first-order chi connectivity index (χ1) is 66.4. The highest BCUT2D eigenvalue weighted by molar-refractivity contribution is 5.88. The maximum Gasteiger partial charge on any atom is 0.126 e. The summed E-state index contributed by atoms with van der Waals surface area (Å²) in [5, 5.41) is 0. The molecule has 0 heterocycles. The van der Waals surface area contributed by atoms with E-state index in [4.69, 9.17) is 9.47 Å². The van der Waals surface area contributed by atoms with Crippen LogP contribution in [0.15, 0.2) is 413 Å². The summed E-state index contributed by atoms with van der Waals surface area (Å²) in [6.07, 6.45) is 17.3. The van der Waals surface area contributed by atoms with E-state index >= 15 is 0 Å². The molecule has 0 spiro atoms. The first kappa shape index (κ1) is 91.6. The van der Waals surface area contributed by atoms with E-state index < -0.39 is 0 Å². The van der Waals surface area contributed by atoms with Crippen LogP contribution >= 0.6 is 0 Å². The van der Waals surface area contributed by atoms with E-state index in [0.717, 1.165) is 96.2 Å². The molecule has 18 aromatic rings. The Morgan fingerprint density at radius 2 is 0.368 bits per heavy atom. The summed E-state index contributed by atoms with van der Waals surface area (Å²) >= 11 is 0. The van der Waals surface area contributed by atoms with Crippen molar-refractivity contribution in [2.75, 3.05) is 32.8 Å². The number of hydrogen-bond acceptors (Lipinski definition) is 6. The Morgan fingerprint density at radius 3 is 0.603 bits per heavy atom. The molecule has 0 aliphatic carbocycles. The second-order valence-corrected chi connectivity index (χ2v) is 35.3. The van der Waals surface area contributed by atoms with Gasteiger partial charge in [0.2, 0.25) is 0 Å². The molecule has 0 fully saturated rings. The van der Waals surface area contributed by atoms with E-state index in [2.05, 4.69) is 514 Å². The summed E-state index contributed by atoms with van der Waals surface area (Å²) in [6, 6.07) is 149. The van der Waals surface area contributed by atoms with Crippen molar-refractivity contribution in [1.82, 2.24) is 0 Å². The molecule has 0 N–H and O–H groups in total. The van der Waals surface area contributed by atoms with Gasteiger partial charge in [-0.2, -0.15) is 0 Å². The molecule has 0 bridgehead atoms. The topological polar surface area (TPSA) is 31.4 Å². The van der Waals surface area contributed by atoms with Crippen molar-refractivity contribution >= 4 is 117 Å². The molecule has 0 saturated heterocycles. The number of ether oxygens (including phenoxy) is 2. The fraction of sp³-hybridized carbons (Fsp3) is 0.108. The lowest BCUT2D eigenvalue weighted by molar-refractivity contribution is 0.339. The van der Waals surface area contributed by atoms with Gasteiger partial charge in [0, 0.05) is 79.4 Å². The monoisotopic (exact) mass is 1760 g/mol. The molecule has 0 amide bonds. The molecule has 0 aliphatic rings. The molecule has 6 heteroatoms. The van der Waals surface area contributed by atoms with E-state index in [1.54, 1.807) is 0 Å². The number of para-hydroxylation sites is 2. The van der Waals surface area contributed by atoms with Gasteiger partial charge in [-0.1, -0.05) is 355 Å². The summed E-state index contributed by atoms with van der Waals surface area (Å²) in [6.45, 7) is 27.0. The normalized spacial score (nSPS) is 11.3. The van der Waals surface area contributed by atoms with Crippen molar-refractivity contribution in [2.24, 2.45) is 0 Å². The molecule has 0 radical (unpaired) electrons. The Bertz CT molecular complexity index is 7260. The van der Waals surface area contributed by atoms with Crippen LogP contribution < -0.4 is 29.1 Å². The number of nitrogens with zero attached hydrogens (tertiary/aromatic N) is 4. The van der Waals surface area contributed by atoms with Gasteiger partial charge in [0.15, 0.2) is 0 Å². The Morgan fingerprint density at radius 1 is 0.176 bits per heavy atom. The highest BCUT2D eigenvalue weighted by Crippen LogP contribution is 2.45. The third-order valence-electron chi connectivity index (χ3n) is 25.1. The lowest BCUT2D eigenvalue weighted by atomic mass is 9.99. The van der Waals surface area contributed by atoms with Gasteiger partial charge in [-0.15, -0.1) is 0 Å². The second-order valence-electron chi connectivity index (χ2n) is 35.3. The largest absolute Gasteiger partial charge is 0.493 e. The predicted octanol–water partition coefficient (Wildman–Crippen LogP) is 36.5. The van der Waals surface area contributed by atoms with Crippen LogP contribution in [0.25, 0.3) is 93.1 Å². The third-order valence-corrected chi connectivity index (χ3v) is 25.1. The van der Waals surface area contributed by atoms with Crippen molar-refractivity contribution in [1.29, 1.82) is 0 Å². The van der Waals surface area contributed by atoms with Crippen molar-refractivity contribution in [3.8, 4) is 56.0 Å². The summed E-state index contributed by atoms with van der Waals surface area (Å²) in [5.74, 6) is 1.79. The van der Waals surface area contributed by atoms with Gasteiger partial charge in [0.1, 0.15) is 11.5 Å². The fourth-order valence-electron chi connectivity index (χ4n) is 17.8. The summed E-state index contributed by atoms with van der Waals surface area (Å²) < 4.78 is 11.7. The minimum atomic E-state index is 0.637. The molecule has 6 nitrogen and oxygen atoms in total. The maximum atomic E-state index is 5.85. The smallest absolute Gasteiger partial charge is 0.126 e. The SMILES string of the molecule is CCOc1ccccc1/C=C/c1ccc(N(c2ccc(-c3ccc(-c4ccc(N(c5ccc(/C=C/c6ccc(C)cc6)cc5)c5ccc(C)cc5C)cc4)cc3)cc2)c2ccc(C)cc2C)cc1.CCOc1ccccc1/C=C/c1ccc(N(c2ccc(-c3ccc(-c4ccc(N(c5ccc(/C=C/c6ccccc6C)cc5)c5ccc(C)cc5C)cc4)cc3)cc2)c2ccc(C)cc2C)cc1. The number of benzene rings is 18. The predicted molar refractivity (Wildman–Crippen MR) is 585 cm³/mol. The third kappa shape index (κ3) is 22.2.